The van der Waals surface area contributed by atoms with Gasteiger partial charge in [0.05, 0.1) is 22.7 Å². The third-order valence-electron chi connectivity index (χ3n) is 14.7. The van der Waals surface area contributed by atoms with Gasteiger partial charge >= 0.3 is 0 Å². The zero-order valence-corrected chi connectivity index (χ0v) is 43.4. The maximum Gasteiger partial charge on any atom is 0.0543 e. The number of nitrogens with zero attached hydrogens (tertiary/aromatic N) is 2. The predicted octanol–water partition coefficient (Wildman–Crippen LogP) is 20.3. The molecule has 0 amide bonds. The van der Waals surface area contributed by atoms with E-state index in [2.05, 4.69) is 275 Å². The van der Waals surface area contributed by atoms with Crippen LogP contribution in [0.3, 0.4) is 0 Å². The van der Waals surface area contributed by atoms with Crippen LogP contribution in [0.2, 0.25) is 0 Å². The number of anilines is 6. The molecule has 0 atom stereocenters. The molecular weight excluding hydrogens is 845 g/mol. The van der Waals surface area contributed by atoms with Crippen molar-refractivity contribution in [3.63, 3.8) is 0 Å². The first-order valence-electron chi connectivity index (χ1n) is 25.4. The van der Waals surface area contributed by atoms with Crippen molar-refractivity contribution < 1.29 is 0 Å². The van der Waals surface area contributed by atoms with Crippen LogP contribution in [-0.2, 0) is 10.8 Å². The summed E-state index contributed by atoms with van der Waals surface area (Å²) in [6, 6.07) is 68.7. The average molecular weight is 913 g/mol. The van der Waals surface area contributed by atoms with Crippen molar-refractivity contribution in [2.75, 3.05) is 9.80 Å². The van der Waals surface area contributed by atoms with E-state index in [9.17, 15) is 0 Å². The molecule has 0 spiro atoms. The Kier molecular flexibility index (Phi) is 12.0. The van der Waals surface area contributed by atoms with Crippen LogP contribution in [-0.4, -0.2) is 0 Å². The molecule has 350 valence electrons. The van der Waals surface area contributed by atoms with Gasteiger partial charge in [-0.05, 0) is 150 Å². The van der Waals surface area contributed by atoms with Crippen molar-refractivity contribution in [1.82, 2.24) is 0 Å². The summed E-state index contributed by atoms with van der Waals surface area (Å²) in [5, 5.41) is 7.80. The molecule has 0 unspecified atom stereocenters. The summed E-state index contributed by atoms with van der Waals surface area (Å²) in [6.07, 6.45) is 0. The van der Waals surface area contributed by atoms with E-state index in [-0.39, 0.29) is 22.7 Å². The van der Waals surface area contributed by atoms with E-state index in [1.54, 1.807) is 0 Å². The Hall–Kier alpha value is -7.16. The normalized spacial score (nSPS) is 12.3. The molecule has 2 heteroatoms. The van der Waals surface area contributed by atoms with E-state index in [0.717, 1.165) is 0 Å². The Morgan fingerprint density at radius 2 is 0.657 bits per heavy atom. The lowest BCUT2D eigenvalue weighted by Crippen LogP contribution is -2.21. The lowest BCUT2D eigenvalue weighted by Gasteiger charge is -2.36. The quantitative estimate of drug-likeness (QED) is 0.126. The van der Waals surface area contributed by atoms with Gasteiger partial charge in [-0.15, -0.1) is 0 Å². The highest BCUT2D eigenvalue weighted by Crippen LogP contribution is 2.54. The van der Waals surface area contributed by atoms with Crippen LogP contribution in [0, 0.1) is 13.8 Å². The van der Waals surface area contributed by atoms with Crippen LogP contribution in [0.5, 0.6) is 0 Å². The molecule has 0 fully saturated rings. The van der Waals surface area contributed by atoms with Crippen molar-refractivity contribution in [3.8, 4) is 22.3 Å². The fourth-order valence-electron chi connectivity index (χ4n) is 11.1. The maximum atomic E-state index is 2.61. The van der Waals surface area contributed by atoms with Gasteiger partial charge in [-0.1, -0.05) is 215 Å². The number of hydrogen-bond donors (Lipinski definition) is 0. The minimum Gasteiger partial charge on any atom is -0.309 e. The molecule has 10 aromatic carbocycles. The molecule has 0 heterocycles. The summed E-state index contributed by atoms with van der Waals surface area (Å²) in [7, 11) is 0. The van der Waals surface area contributed by atoms with Gasteiger partial charge in [0.15, 0.2) is 0 Å². The highest BCUT2D eigenvalue weighted by molar-refractivity contribution is 6.29. The molecule has 0 aliphatic rings. The summed E-state index contributed by atoms with van der Waals surface area (Å²) >= 11 is 0. The van der Waals surface area contributed by atoms with Crippen LogP contribution < -0.4 is 9.80 Å². The minimum atomic E-state index is -0.139. The SMILES string of the molecule is Cc1ccccc1N(c1cc(-c2ccccc2)ccc1C(C)(C)C)c1cc(C(C)C)c2ccc3c(N(c4ccccc4C)c4cc(-c5ccccc5)ccc4C(C)(C)C)cc(C(C)C)c4ccc1c2c43. The molecule has 0 radical (unpaired) electrons. The van der Waals surface area contributed by atoms with E-state index >= 15 is 0 Å². The summed E-state index contributed by atoms with van der Waals surface area (Å²) < 4.78 is 0. The number of benzene rings is 10. The first-order chi connectivity index (χ1) is 33.5. The van der Waals surface area contributed by atoms with E-state index < -0.39 is 0 Å². The fourth-order valence-corrected chi connectivity index (χ4v) is 11.1. The zero-order chi connectivity index (χ0) is 49.2. The van der Waals surface area contributed by atoms with E-state index in [1.807, 2.05) is 0 Å². The molecular formula is C68H68N2. The second kappa shape index (κ2) is 18.0. The van der Waals surface area contributed by atoms with Crippen molar-refractivity contribution in [2.45, 2.75) is 106 Å². The minimum absolute atomic E-state index is 0.139. The van der Waals surface area contributed by atoms with Crippen LogP contribution in [0.15, 0.2) is 182 Å². The predicted molar refractivity (Wildman–Crippen MR) is 305 cm³/mol. The van der Waals surface area contributed by atoms with Crippen molar-refractivity contribution in [3.05, 3.63) is 215 Å². The molecule has 2 nitrogen and oxygen atoms in total. The van der Waals surface area contributed by atoms with E-state index in [1.165, 1.54) is 122 Å². The molecule has 10 aromatic rings. The van der Waals surface area contributed by atoms with Crippen LogP contribution in [0.4, 0.5) is 34.1 Å². The van der Waals surface area contributed by atoms with Gasteiger partial charge in [0.25, 0.3) is 0 Å². The van der Waals surface area contributed by atoms with Crippen molar-refractivity contribution in [1.29, 1.82) is 0 Å². The molecule has 0 aliphatic carbocycles. The molecule has 70 heavy (non-hydrogen) atoms. The highest BCUT2D eigenvalue weighted by atomic mass is 15.2. The molecule has 0 aromatic heterocycles. The third kappa shape index (κ3) is 8.22. The number of aryl methyl sites for hydroxylation is 2. The monoisotopic (exact) mass is 913 g/mol. The third-order valence-corrected chi connectivity index (χ3v) is 14.7. The maximum absolute atomic E-state index is 2.61. The Balaban J connectivity index is 1.36. The molecule has 0 saturated heterocycles. The summed E-state index contributed by atoms with van der Waals surface area (Å²) in [4.78, 5) is 5.21. The van der Waals surface area contributed by atoms with Gasteiger partial charge in [-0.25, -0.2) is 0 Å². The lowest BCUT2D eigenvalue weighted by molar-refractivity contribution is 0.591. The smallest absolute Gasteiger partial charge is 0.0543 e. The first kappa shape index (κ1) is 46.6. The number of para-hydroxylation sites is 2. The average Bonchev–Trinajstić information content (AvgIpc) is 3.34. The second-order valence-corrected chi connectivity index (χ2v) is 22.3. The number of hydrogen-bond acceptors (Lipinski definition) is 2. The van der Waals surface area contributed by atoms with Gasteiger partial charge < -0.3 is 9.80 Å². The topological polar surface area (TPSA) is 6.48 Å². The van der Waals surface area contributed by atoms with Gasteiger partial charge in [0.1, 0.15) is 0 Å². The molecule has 0 bridgehead atoms. The Bertz CT molecular complexity index is 3290. The molecule has 0 N–H and O–H groups in total. The van der Waals surface area contributed by atoms with E-state index in [4.69, 9.17) is 0 Å². The van der Waals surface area contributed by atoms with Gasteiger partial charge in [0.2, 0.25) is 0 Å². The highest BCUT2D eigenvalue weighted by Gasteiger charge is 2.31. The van der Waals surface area contributed by atoms with Crippen molar-refractivity contribution >= 4 is 66.4 Å². The standard InChI is InChI=1S/C68H68N2/c1-43(2)55-41-61(69(59-29-21-19-23-45(59)5)63-39-49(47-25-15-13-16-26-47)31-37-57(63)67(7,8)9)53-36-34-52-56(44(3)4)42-62(54-35-33-51(55)65(53)66(52)54)70(60-30-22-20-24-46(60)6)64-40-50(48-27-17-14-18-28-48)32-38-58(64)68(10,11)12/h13-44H,1-12H3. The summed E-state index contributed by atoms with van der Waals surface area (Å²) in [6.45, 7) is 28.1. The zero-order valence-electron chi connectivity index (χ0n) is 43.4. The summed E-state index contributed by atoms with van der Waals surface area (Å²) in [5.74, 6) is 0.532. The van der Waals surface area contributed by atoms with Gasteiger partial charge in [-0.3, -0.25) is 0 Å². The Labute approximate surface area is 417 Å². The van der Waals surface area contributed by atoms with Crippen molar-refractivity contribution in [2.24, 2.45) is 0 Å². The largest absolute Gasteiger partial charge is 0.309 e. The van der Waals surface area contributed by atoms with Crippen LogP contribution in [0.25, 0.3) is 54.6 Å². The first-order valence-corrected chi connectivity index (χ1v) is 25.4. The van der Waals surface area contributed by atoms with Gasteiger partial charge in [-0.2, -0.15) is 0 Å². The molecule has 0 aliphatic heterocycles. The number of rotatable bonds is 10. The fraction of sp³-hybridized carbons (Fsp3) is 0.235. The van der Waals surface area contributed by atoms with Crippen LogP contribution in [0.1, 0.15) is 114 Å². The van der Waals surface area contributed by atoms with E-state index in [0.29, 0.717) is 0 Å². The molecule has 10 rings (SSSR count). The summed E-state index contributed by atoms with van der Waals surface area (Å²) in [5.41, 5.74) is 19.5. The second-order valence-electron chi connectivity index (χ2n) is 22.3. The van der Waals surface area contributed by atoms with Gasteiger partial charge in [0, 0.05) is 22.1 Å². The molecule has 0 saturated carbocycles. The lowest BCUT2D eigenvalue weighted by atomic mass is 9.82. The Morgan fingerprint density at radius 3 is 1.00 bits per heavy atom. The Morgan fingerprint density at radius 1 is 0.314 bits per heavy atom. The van der Waals surface area contributed by atoms with Crippen LogP contribution >= 0.6 is 0 Å².